The molecule has 204 valence electrons. The van der Waals surface area contributed by atoms with E-state index in [2.05, 4.69) is 20.8 Å². The molecule has 0 radical (unpaired) electrons. The molecular formula is C32H64O2. The fourth-order valence-electron chi connectivity index (χ4n) is 5.03. The summed E-state index contributed by atoms with van der Waals surface area (Å²) < 4.78 is 5.53. The summed E-state index contributed by atoms with van der Waals surface area (Å²) in [5, 5.41) is 0. The van der Waals surface area contributed by atoms with Crippen molar-refractivity contribution in [3.8, 4) is 0 Å². The van der Waals surface area contributed by atoms with Gasteiger partial charge in [0.25, 0.3) is 0 Å². The molecule has 0 saturated heterocycles. The summed E-state index contributed by atoms with van der Waals surface area (Å²) in [5.41, 5.74) is 0. The molecule has 0 fully saturated rings. The third kappa shape index (κ3) is 26.1. The zero-order chi connectivity index (χ0) is 25.0. The topological polar surface area (TPSA) is 26.3 Å². The monoisotopic (exact) mass is 480 g/mol. The van der Waals surface area contributed by atoms with Crippen LogP contribution in [0.4, 0.5) is 0 Å². The van der Waals surface area contributed by atoms with Crippen molar-refractivity contribution in [2.75, 3.05) is 6.61 Å². The molecule has 2 heteroatoms. The van der Waals surface area contributed by atoms with Gasteiger partial charge in [0.05, 0.1) is 6.61 Å². The molecule has 0 aliphatic carbocycles. The van der Waals surface area contributed by atoms with Crippen molar-refractivity contribution >= 4 is 5.97 Å². The minimum absolute atomic E-state index is 0.0459. The maximum Gasteiger partial charge on any atom is 0.305 e. The van der Waals surface area contributed by atoms with Gasteiger partial charge in [-0.05, 0) is 18.8 Å². The van der Waals surface area contributed by atoms with Crippen molar-refractivity contribution in [2.24, 2.45) is 5.92 Å². The third-order valence-electron chi connectivity index (χ3n) is 7.45. The minimum atomic E-state index is 0.0459. The lowest BCUT2D eigenvalue weighted by molar-refractivity contribution is -0.144. The highest BCUT2D eigenvalue weighted by molar-refractivity contribution is 5.69. The van der Waals surface area contributed by atoms with Crippen LogP contribution < -0.4 is 0 Å². The first kappa shape index (κ1) is 33.5. The number of ether oxygens (including phenoxy) is 1. The Hall–Kier alpha value is -0.530. The quantitative estimate of drug-likeness (QED) is 0.0821. The summed E-state index contributed by atoms with van der Waals surface area (Å²) in [6.07, 6.45) is 34.0. The number of carbonyl (C=O) groups is 1. The van der Waals surface area contributed by atoms with E-state index < -0.39 is 0 Å². The Labute approximate surface area is 215 Å². The van der Waals surface area contributed by atoms with Gasteiger partial charge in [-0.15, -0.1) is 0 Å². The van der Waals surface area contributed by atoms with Gasteiger partial charge in [-0.3, -0.25) is 4.79 Å². The first-order valence-electron chi connectivity index (χ1n) is 15.9. The van der Waals surface area contributed by atoms with E-state index in [9.17, 15) is 4.79 Å². The van der Waals surface area contributed by atoms with Gasteiger partial charge in [0.2, 0.25) is 0 Å². The van der Waals surface area contributed by atoms with Crippen LogP contribution >= 0.6 is 0 Å². The molecule has 0 aliphatic heterocycles. The van der Waals surface area contributed by atoms with E-state index >= 15 is 0 Å². The highest BCUT2D eigenvalue weighted by Gasteiger charge is 2.12. The Kier molecular flexibility index (Phi) is 28.3. The molecule has 0 aliphatic rings. The molecule has 0 amide bonds. The molecule has 34 heavy (non-hydrogen) atoms. The summed E-state index contributed by atoms with van der Waals surface area (Å²) in [6, 6.07) is 0. The molecule has 0 aromatic rings. The molecule has 0 saturated carbocycles. The van der Waals surface area contributed by atoms with Crippen LogP contribution in [0.3, 0.4) is 0 Å². The van der Waals surface area contributed by atoms with E-state index in [0.717, 1.165) is 18.8 Å². The Morgan fingerprint density at radius 2 is 0.824 bits per heavy atom. The van der Waals surface area contributed by atoms with Crippen molar-refractivity contribution < 1.29 is 9.53 Å². The molecule has 0 aromatic heterocycles. The maximum absolute atomic E-state index is 12.3. The third-order valence-corrected chi connectivity index (χ3v) is 7.45. The van der Waals surface area contributed by atoms with Crippen LogP contribution in [0, 0.1) is 5.92 Å². The van der Waals surface area contributed by atoms with Crippen molar-refractivity contribution in [3.05, 3.63) is 0 Å². The molecule has 0 N–H and O–H groups in total. The summed E-state index contributed by atoms with van der Waals surface area (Å²) in [5.74, 6) is 0.770. The average molecular weight is 481 g/mol. The fourth-order valence-corrected chi connectivity index (χ4v) is 5.03. The van der Waals surface area contributed by atoms with Crippen LogP contribution in [0.5, 0.6) is 0 Å². The highest BCUT2D eigenvalue weighted by Crippen LogP contribution is 2.24. The molecule has 2 nitrogen and oxygen atoms in total. The van der Waals surface area contributed by atoms with Crippen LogP contribution in [0.2, 0.25) is 0 Å². The molecule has 0 aromatic carbocycles. The predicted molar refractivity (Wildman–Crippen MR) is 152 cm³/mol. The van der Waals surface area contributed by atoms with E-state index in [4.69, 9.17) is 4.74 Å². The molecule has 0 bridgehead atoms. The second kappa shape index (κ2) is 28.7. The van der Waals surface area contributed by atoms with E-state index in [1.807, 2.05) is 0 Å². The molecular weight excluding hydrogens is 416 g/mol. The SMILES string of the molecule is CCCCCCCCCCCCC(CCCCCCCC)CCC(=O)OCCCCCCCC. The first-order chi connectivity index (χ1) is 16.7. The number of carbonyl (C=O) groups excluding carboxylic acids is 1. The van der Waals surface area contributed by atoms with E-state index in [0.29, 0.717) is 13.0 Å². The predicted octanol–water partition coefficient (Wildman–Crippen LogP) is 11.3. The minimum Gasteiger partial charge on any atom is -0.466 e. The second-order valence-electron chi connectivity index (χ2n) is 10.9. The Balaban J connectivity index is 3.96. The van der Waals surface area contributed by atoms with Crippen molar-refractivity contribution in [1.29, 1.82) is 0 Å². The van der Waals surface area contributed by atoms with E-state index in [1.54, 1.807) is 0 Å². The molecule has 0 heterocycles. The lowest BCUT2D eigenvalue weighted by Gasteiger charge is -2.17. The van der Waals surface area contributed by atoms with Crippen molar-refractivity contribution in [3.63, 3.8) is 0 Å². The lowest BCUT2D eigenvalue weighted by Crippen LogP contribution is -2.10. The Morgan fingerprint density at radius 3 is 1.24 bits per heavy atom. The highest BCUT2D eigenvalue weighted by atomic mass is 16.5. The van der Waals surface area contributed by atoms with Crippen LogP contribution in [0.25, 0.3) is 0 Å². The molecule has 0 spiro atoms. The van der Waals surface area contributed by atoms with Gasteiger partial charge in [0.1, 0.15) is 0 Å². The number of hydrogen-bond donors (Lipinski definition) is 0. The largest absolute Gasteiger partial charge is 0.466 e. The van der Waals surface area contributed by atoms with Gasteiger partial charge >= 0.3 is 5.97 Å². The molecule has 0 rings (SSSR count). The van der Waals surface area contributed by atoms with Gasteiger partial charge in [-0.1, -0.05) is 168 Å². The Morgan fingerprint density at radius 1 is 0.471 bits per heavy atom. The van der Waals surface area contributed by atoms with Crippen LogP contribution in [-0.2, 0) is 9.53 Å². The number of hydrogen-bond acceptors (Lipinski definition) is 2. The number of esters is 1. The Bertz CT molecular complexity index is 392. The number of unbranched alkanes of at least 4 members (excludes halogenated alkanes) is 19. The van der Waals surface area contributed by atoms with Crippen LogP contribution in [0.1, 0.15) is 188 Å². The summed E-state index contributed by atoms with van der Waals surface area (Å²) in [6.45, 7) is 7.46. The zero-order valence-electron chi connectivity index (χ0n) is 24.0. The lowest BCUT2D eigenvalue weighted by atomic mass is 9.90. The number of rotatable bonds is 28. The van der Waals surface area contributed by atoms with E-state index in [1.165, 1.54) is 148 Å². The van der Waals surface area contributed by atoms with Crippen LogP contribution in [0.15, 0.2) is 0 Å². The first-order valence-corrected chi connectivity index (χ1v) is 15.9. The van der Waals surface area contributed by atoms with Crippen LogP contribution in [-0.4, -0.2) is 12.6 Å². The average Bonchev–Trinajstić information content (AvgIpc) is 2.84. The smallest absolute Gasteiger partial charge is 0.305 e. The zero-order valence-corrected chi connectivity index (χ0v) is 24.0. The van der Waals surface area contributed by atoms with Gasteiger partial charge in [-0.2, -0.15) is 0 Å². The summed E-state index contributed by atoms with van der Waals surface area (Å²) in [4.78, 5) is 12.3. The maximum atomic E-state index is 12.3. The van der Waals surface area contributed by atoms with Gasteiger partial charge in [-0.25, -0.2) is 0 Å². The normalized spacial score (nSPS) is 12.2. The van der Waals surface area contributed by atoms with Gasteiger partial charge in [0, 0.05) is 6.42 Å². The fraction of sp³-hybridized carbons (Fsp3) is 0.969. The second-order valence-corrected chi connectivity index (χ2v) is 10.9. The van der Waals surface area contributed by atoms with Crippen molar-refractivity contribution in [2.45, 2.75) is 188 Å². The summed E-state index contributed by atoms with van der Waals surface area (Å²) >= 11 is 0. The van der Waals surface area contributed by atoms with E-state index in [-0.39, 0.29) is 5.97 Å². The molecule has 1 unspecified atom stereocenters. The van der Waals surface area contributed by atoms with Gasteiger partial charge in [0.15, 0.2) is 0 Å². The van der Waals surface area contributed by atoms with Gasteiger partial charge < -0.3 is 4.74 Å². The summed E-state index contributed by atoms with van der Waals surface area (Å²) in [7, 11) is 0. The molecule has 1 atom stereocenters. The van der Waals surface area contributed by atoms with Crippen molar-refractivity contribution in [1.82, 2.24) is 0 Å². The standard InChI is InChI=1S/C32H64O2/c1-4-7-10-13-16-17-18-19-21-24-27-31(26-23-20-14-11-8-5-2)28-29-32(33)34-30-25-22-15-12-9-6-3/h31H,4-30H2,1-3H3.